The lowest BCUT2D eigenvalue weighted by Crippen LogP contribution is -2.06. The lowest BCUT2D eigenvalue weighted by atomic mass is 9.81. The van der Waals surface area contributed by atoms with E-state index in [9.17, 15) is 0 Å². The number of benzene rings is 2. The molecule has 0 heteroatoms. The summed E-state index contributed by atoms with van der Waals surface area (Å²) in [6, 6.07) is 18.1. The number of fused-ring (bicyclic) bond motifs is 3. The minimum atomic E-state index is 0.651. The summed E-state index contributed by atoms with van der Waals surface area (Å²) in [5.41, 5.74) is 9.63. The molecule has 3 aliphatic rings. The minimum absolute atomic E-state index is 0.651. The molecule has 138 valence electrons. The van der Waals surface area contributed by atoms with Crippen molar-refractivity contribution in [2.45, 2.75) is 63.7 Å². The molecule has 0 heterocycles. The first-order valence-electron chi connectivity index (χ1n) is 10.9. The molecule has 2 aromatic carbocycles. The summed E-state index contributed by atoms with van der Waals surface area (Å²) in [6.45, 7) is 2.47. The van der Waals surface area contributed by atoms with Crippen LogP contribution in [0.15, 0.2) is 60.2 Å². The van der Waals surface area contributed by atoms with Crippen LogP contribution in [0, 0.1) is 5.92 Å². The van der Waals surface area contributed by atoms with Crippen molar-refractivity contribution in [3.05, 3.63) is 82.4 Å². The van der Waals surface area contributed by atoms with Gasteiger partial charge in [0, 0.05) is 11.8 Å². The van der Waals surface area contributed by atoms with Crippen molar-refractivity contribution in [1.82, 2.24) is 0 Å². The molecule has 3 unspecified atom stereocenters. The summed E-state index contributed by atoms with van der Waals surface area (Å²) in [5, 5.41) is 0. The van der Waals surface area contributed by atoms with E-state index in [1.165, 1.54) is 56.1 Å². The summed E-state index contributed by atoms with van der Waals surface area (Å²) >= 11 is 0. The van der Waals surface area contributed by atoms with Crippen molar-refractivity contribution in [3.63, 3.8) is 0 Å². The van der Waals surface area contributed by atoms with Gasteiger partial charge >= 0.3 is 0 Å². The molecule has 0 fully saturated rings. The Morgan fingerprint density at radius 3 is 2.56 bits per heavy atom. The van der Waals surface area contributed by atoms with Crippen LogP contribution in [0.25, 0.3) is 11.6 Å². The van der Waals surface area contributed by atoms with E-state index in [2.05, 4.69) is 67.6 Å². The lowest BCUT2D eigenvalue weighted by molar-refractivity contribution is 0.433. The van der Waals surface area contributed by atoms with E-state index in [1.807, 2.05) is 0 Å². The highest BCUT2D eigenvalue weighted by atomic mass is 14.4. The van der Waals surface area contributed by atoms with Gasteiger partial charge in [0.25, 0.3) is 0 Å². The van der Waals surface area contributed by atoms with Crippen molar-refractivity contribution >= 4 is 11.6 Å². The third kappa shape index (κ3) is 3.10. The van der Waals surface area contributed by atoms with E-state index in [0.29, 0.717) is 5.92 Å². The Morgan fingerprint density at radius 2 is 1.70 bits per heavy atom. The van der Waals surface area contributed by atoms with Gasteiger partial charge in [-0.2, -0.15) is 0 Å². The summed E-state index contributed by atoms with van der Waals surface area (Å²) in [7, 11) is 0. The molecule has 0 radical (unpaired) electrons. The molecular weight excluding hydrogens is 324 g/mol. The maximum atomic E-state index is 2.47. The molecule has 0 N–H and O–H groups in total. The van der Waals surface area contributed by atoms with Crippen molar-refractivity contribution in [2.24, 2.45) is 5.92 Å². The summed E-state index contributed by atoms with van der Waals surface area (Å²) in [5.74, 6) is 2.22. The van der Waals surface area contributed by atoms with Crippen LogP contribution in [0.4, 0.5) is 0 Å². The van der Waals surface area contributed by atoms with E-state index < -0.39 is 0 Å². The normalized spacial score (nSPS) is 23.0. The van der Waals surface area contributed by atoms with Crippen LogP contribution < -0.4 is 0 Å². The number of hydrogen-bond acceptors (Lipinski definition) is 0. The average Bonchev–Trinajstić information content (AvgIpc) is 3.16. The molecule has 3 aliphatic carbocycles. The summed E-state index contributed by atoms with van der Waals surface area (Å²) < 4.78 is 0. The largest absolute Gasteiger partial charge is 0.0764 e. The molecule has 0 saturated carbocycles. The first-order valence-corrected chi connectivity index (χ1v) is 10.9. The number of hydrogen-bond donors (Lipinski definition) is 0. The van der Waals surface area contributed by atoms with Gasteiger partial charge in [-0.15, -0.1) is 0 Å². The Balaban J connectivity index is 1.12. The monoisotopic (exact) mass is 354 g/mol. The highest BCUT2D eigenvalue weighted by Crippen LogP contribution is 2.54. The maximum absolute atomic E-state index is 2.47. The predicted molar refractivity (Wildman–Crippen MR) is 116 cm³/mol. The average molecular weight is 355 g/mol. The van der Waals surface area contributed by atoms with Gasteiger partial charge in [0.05, 0.1) is 0 Å². The molecule has 0 aliphatic heterocycles. The molecule has 0 saturated heterocycles. The fourth-order valence-corrected chi connectivity index (χ4v) is 5.54. The van der Waals surface area contributed by atoms with Gasteiger partial charge in [0.2, 0.25) is 0 Å². The Labute approximate surface area is 164 Å². The second-order valence-corrected chi connectivity index (χ2v) is 8.85. The van der Waals surface area contributed by atoms with Crippen molar-refractivity contribution < 1.29 is 0 Å². The van der Waals surface area contributed by atoms with Crippen LogP contribution in [0.3, 0.4) is 0 Å². The van der Waals surface area contributed by atoms with Crippen LogP contribution in [-0.4, -0.2) is 0 Å². The van der Waals surface area contributed by atoms with Crippen LogP contribution in [0.5, 0.6) is 0 Å². The van der Waals surface area contributed by atoms with E-state index in [0.717, 1.165) is 11.8 Å². The highest BCUT2D eigenvalue weighted by molar-refractivity contribution is 5.82. The Kier molecular flexibility index (Phi) is 4.52. The quantitative estimate of drug-likeness (QED) is 0.477. The molecule has 0 spiro atoms. The second-order valence-electron chi connectivity index (χ2n) is 8.85. The first-order chi connectivity index (χ1) is 13.3. The minimum Gasteiger partial charge on any atom is -0.0764 e. The van der Waals surface area contributed by atoms with E-state index in [-0.39, 0.29) is 0 Å². The van der Waals surface area contributed by atoms with Crippen LogP contribution in [0.1, 0.15) is 86.0 Å². The van der Waals surface area contributed by atoms with Gasteiger partial charge in [-0.1, -0.05) is 86.0 Å². The van der Waals surface area contributed by atoms with Gasteiger partial charge in [0.15, 0.2) is 0 Å². The number of rotatable bonds is 7. The van der Waals surface area contributed by atoms with Crippen molar-refractivity contribution in [1.29, 1.82) is 0 Å². The topological polar surface area (TPSA) is 0 Å². The standard InChI is InChI=1S/C27H30/c1-19(7-6-9-21-15-14-20-8-2-3-10-22(20)21)13-16-25-23-11-4-5-12-24(23)26-17-18-27(25)26/h2-5,8,10-12,14-15,19,21,25H,6-7,9,13,16-18H2,1H3. The van der Waals surface area contributed by atoms with Crippen LogP contribution in [0.2, 0.25) is 0 Å². The van der Waals surface area contributed by atoms with E-state index in [4.69, 9.17) is 0 Å². The Hall–Kier alpha value is -2.08. The van der Waals surface area contributed by atoms with Gasteiger partial charge < -0.3 is 0 Å². The second kappa shape index (κ2) is 7.15. The fraction of sp³-hybridized carbons (Fsp3) is 0.407. The van der Waals surface area contributed by atoms with Gasteiger partial charge in [0.1, 0.15) is 0 Å². The van der Waals surface area contributed by atoms with E-state index in [1.54, 1.807) is 22.3 Å². The van der Waals surface area contributed by atoms with Crippen LogP contribution in [-0.2, 0) is 0 Å². The smallest absolute Gasteiger partial charge is 0.00604 e. The fourth-order valence-electron chi connectivity index (χ4n) is 5.54. The molecule has 27 heavy (non-hydrogen) atoms. The Bertz CT molecular complexity index is 898. The Morgan fingerprint density at radius 1 is 0.889 bits per heavy atom. The van der Waals surface area contributed by atoms with Crippen molar-refractivity contribution in [2.75, 3.05) is 0 Å². The molecule has 3 atom stereocenters. The van der Waals surface area contributed by atoms with Crippen LogP contribution >= 0.6 is 0 Å². The molecule has 0 aromatic heterocycles. The molecular formula is C27H30. The van der Waals surface area contributed by atoms with E-state index >= 15 is 0 Å². The van der Waals surface area contributed by atoms with Gasteiger partial charge in [-0.3, -0.25) is 0 Å². The van der Waals surface area contributed by atoms with Gasteiger partial charge in [-0.05, 0) is 65.8 Å². The van der Waals surface area contributed by atoms with Crippen molar-refractivity contribution in [3.8, 4) is 0 Å². The van der Waals surface area contributed by atoms with Gasteiger partial charge in [-0.25, -0.2) is 0 Å². The summed E-state index contributed by atoms with van der Waals surface area (Å²) in [6.07, 6.45) is 14.1. The SMILES string of the molecule is CC(CCCC1C=Cc2ccccc21)CCC1C2=C(CC2)c2ccccc21. The molecule has 0 nitrogen and oxygen atoms in total. The molecule has 0 bridgehead atoms. The molecule has 0 amide bonds. The third-order valence-corrected chi connectivity index (χ3v) is 7.18. The highest BCUT2D eigenvalue weighted by Gasteiger charge is 2.35. The third-order valence-electron chi connectivity index (χ3n) is 7.18. The number of allylic oxidation sites excluding steroid dienone is 3. The lowest BCUT2D eigenvalue weighted by Gasteiger charge is -2.24. The molecule has 5 rings (SSSR count). The summed E-state index contributed by atoms with van der Waals surface area (Å²) in [4.78, 5) is 0. The predicted octanol–water partition coefficient (Wildman–Crippen LogP) is 7.73. The zero-order valence-corrected chi connectivity index (χ0v) is 16.5. The zero-order chi connectivity index (χ0) is 18.2. The zero-order valence-electron chi connectivity index (χ0n) is 16.5. The maximum Gasteiger partial charge on any atom is 0.00604 e. The molecule has 2 aromatic rings. The first kappa shape index (κ1) is 17.0.